The minimum atomic E-state index is -0.363. The second kappa shape index (κ2) is 7.31. The highest BCUT2D eigenvalue weighted by Crippen LogP contribution is 2.27. The number of esters is 1. The van der Waals surface area contributed by atoms with Crippen LogP contribution in [0.5, 0.6) is 0 Å². The summed E-state index contributed by atoms with van der Waals surface area (Å²) < 4.78 is 7.79. The van der Waals surface area contributed by atoms with Gasteiger partial charge in [0.2, 0.25) is 5.65 Å². The summed E-state index contributed by atoms with van der Waals surface area (Å²) in [6, 6.07) is 9.32. The van der Waals surface area contributed by atoms with E-state index >= 15 is 0 Å². The van der Waals surface area contributed by atoms with Crippen molar-refractivity contribution in [1.82, 2.24) is 19.2 Å². The predicted molar refractivity (Wildman–Crippen MR) is 102 cm³/mol. The van der Waals surface area contributed by atoms with E-state index in [1.165, 1.54) is 4.40 Å². The van der Waals surface area contributed by atoms with Gasteiger partial charge in [-0.05, 0) is 31.9 Å². The third kappa shape index (κ3) is 2.97. The van der Waals surface area contributed by atoms with Gasteiger partial charge in [-0.2, -0.15) is 9.94 Å². The molecule has 0 bridgehead atoms. The van der Waals surface area contributed by atoms with Crippen LogP contribution in [0.4, 0.5) is 5.82 Å². The van der Waals surface area contributed by atoms with Crippen molar-refractivity contribution >= 4 is 28.5 Å². The number of benzene rings is 1. The molecule has 0 radical (unpaired) electrons. The number of anilines is 1. The standard InChI is InChI=1S/C19H20N6O3/c1-2-28-18(26)13-7-10-23(11-8-13)16-17-22-24(12-9-20)19(27)25(17)15-6-4-3-5-14(15)21-16/h3-6,13H,2,7-8,10-12H2,1H3. The lowest BCUT2D eigenvalue weighted by Gasteiger charge is -2.31. The summed E-state index contributed by atoms with van der Waals surface area (Å²) in [5.74, 6) is 0.314. The number of ether oxygens (including phenoxy) is 1. The van der Waals surface area contributed by atoms with Gasteiger partial charge in [0, 0.05) is 13.1 Å². The number of nitriles is 1. The molecule has 4 rings (SSSR count). The zero-order valence-corrected chi connectivity index (χ0v) is 15.5. The van der Waals surface area contributed by atoms with E-state index < -0.39 is 0 Å². The molecule has 2 aromatic heterocycles. The first-order valence-corrected chi connectivity index (χ1v) is 9.31. The fourth-order valence-corrected chi connectivity index (χ4v) is 3.65. The average molecular weight is 380 g/mol. The quantitative estimate of drug-likeness (QED) is 0.629. The topological polar surface area (TPSA) is 106 Å². The minimum absolute atomic E-state index is 0.119. The molecule has 0 unspecified atom stereocenters. The third-order valence-electron chi connectivity index (χ3n) is 5.02. The van der Waals surface area contributed by atoms with Gasteiger partial charge >= 0.3 is 11.7 Å². The molecule has 3 heterocycles. The Morgan fingerprint density at radius 1 is 1.32 bits per heavy atom. The van der Waals surface area contributed by atoms with Crippen LogP contribution in [0, 0.1) is 17.2 Å². The van der Waals surface area contributed by atoms with Crippen molar-refractivity contribution in [3.63, 3.8) is 0 Å². The lowest BCUT2D eigenvalue weighted by molar-refractivity contribution is -0.148. The maximum absolute atomic E-state index is 12.8. The number of piperidine rings is 1. The Hall–Kier alpha value is -3.41. The smallest absolute Gasteiger partial charge is 0.352 e. The predicted octanol–water partition coefficient (Wildman–Crippen LogP) is 1.35. The molecular formula is C19H20N6O3. The van der Waals surface area contributed by atoms with E-state index in [-0.39, 0.29) is 24.1 Å². The minimum Gasteiger partial charge on any atom is -0.466 e. The molecule has 1 aliphatic rings. The van der Waals surface area contributed by atoms with Gasteiger partial charge in [0.15, 0.2) is 5.82 Å². The fraction of sp³-hybridized carbons (Fsp3) is 0.421. The summed E-state index contributed by atoms with van der Waals surface area (Å²) in [7, 11) is 0. The number of rotatable bonds is 4. The van der Waals surface area contributed by atoms with Crippen LogP contribution in [0.1, 0.15) is 19.8 Å². The molecule has 1 fully saturated rings. The Labute approximate surface area is 160 Å². The summed E-state index contributed by atoms with van der Waals surface area (Å²) in [5, 5.41) is 13.4. The van der Waals surface area contributed by atoms with Crippen LogP contribution in [-0.4, -0.2) is 44.8 Å². The summed E-state index contributed by atoms with van der Waals surface area (Å²) >= 11 is 0. The van der Waals surface area contributed by atoms with Crippen LogP contribution < -0.4 is 10.6 Å². The van der Waals surface area contributed by atoms with E-state index in [1.807, 2.05) is 35.2 Å². The Balaban J connectivity index is 1.77. The molecule has 0 saturated carbocycles. The van der Waals surface area contributed by atoms with Crippen molar-refractivity contribution in [3.05, 3.63) is 34.7 Å². The number of aromatic nitrogens is 4. The number of nitrogens with zero attached hydrogens (tertiary/aromatic N) is 6. The van der Waals surface area contributed by atoms with E-state index in [0.29, 0.717) is 55.0 Å². The molecule has 1 aromatic carbocycles. The number of hydrogen-bond acceptors (Lipinski definition) is 7. The second-order valence-electron chi connectivity index (χ2n) is 6.69. The molecule has 0 atom stereocenters. The van der Waals surface area contributed by atoms with E-state index in [0.717, 1.165) is 4.68 Å². The van der Waals surface area contributed by atoms with Crippen molar-refractivity contribution < 1.29 is 9.53 Å². The lowest BCUT2D eigenvalue weighted by Crippen LogP contribution is -2.37. The maximum atomic E-state index is 12.8. The van der Waals surface area contributed by atoms with Crippen molar-refractivity contribution in [3.8, 4) is 6.07 Å². The highest BCUT2D eigenvalue weighted by Gasteiger charge is 2.29. The molecular weight excluding hydrogens is 360 g/mol. The first-order valence-electron chi connectivity index (χ1n) is 9.31. The molecule has 9 nitrogen and oxygen atoms in total. The zero-order chi connectivity index (χ0) is 19.7. The van der Waals surface area contributed by atoms with Crippen LogP contribution in [0.15, 0.2) is 29.1 Å². The molecule has 0 spiro atoms. The summed E-state index contributed by atoms with van der Waals surface area (Å²) in [5.41, 5.74) is 1.39. The van der Waals surface area contributed by atoms with Gasteiger partial charge in [-0.1, -0.05) is 12.1 Å². The van der Waals surface area contributed by atoms with Gasteiger partial charge in [0.1, 0.15) is 6.54 Å². The first kappa shape index (κ1) is 18.0. The molecule has 1 aliphatic heterocycles. The lowest BCUT2D eigenvalue weighted by atomic mass is 9.97. The largest absolute Gasteiger partial charge is 0.466 e. The van der Waals surface area contributed by atoms with Crippen LogP contribution in [-0.2, 0) is 16.1 Å². The number of carbonyl (C=O) groups excluding carboxylic acids is 1. The second-order valence-corrected chi connectivity index (χ2v) is 6.69. The van der Waals surface area contributed by atoms with Gasteiger partial charge in [-0.3, -0.25) is 4.79 Å². The maximum Gasteiger partial charge on any atom is 0.352 e. The van der Waals surface area contributed by atoms with Crippen LogP contribution in [0.25, 0.3) is 16.7 Å². The van der Waals surface area contributed by atoms with E-state index in [4.69, 9.17) is 15.0 Å². The monoisotopic (exact) mass is 380 g/mol. The zero-order valence-electron chi connectivity index (χ0n) is 15.5. The SMILES string of the molecule is CCOC(=O)C1CCN(c2nc3ccccc3n3c(=O)n(CC#N)nc23)CC1. The van der Waals surface area contributed by atoms with Crippen LogP contribution >= 0.6 is 0 Å². The Kier molecular flexibility index (Phi) is 4.69. The van der Waals surface area contributed by atoms with Gasteiger partial charge in [-0.25, -0.2) is 14.2 Å². The summed E-state index contributed by atoms with van der Waals surface area (Å²) in [4.78, 5) is 31.6. The molecule has 144 valence electrons. The summed E-state index contributed by atoms with van der Waals surface area (Å²) in [6.07, 6.45) is 1.31. The van der Waals surface area contributed by atoms with E-state index in [2.05, 4.69) is 5.10 Å². The number of carbonyl (C=O) groups is 1. The van der Waals surface area contributed by atoms with Crippen LogP contribution in [0.3, 0.4) is 0 Å². The fourth-order valence-electron chi connectivity index (χ4n) is 3.65. The highest BCUT2D eigenvalue weighted by atomic mass is 16.5. The average Bonchev–Trinajstić information content (AvgIpc) is 3.05. The molecule has 3 aromatic rings. The van der Waals surface area contributed by atoms with E-state index in [1.54, 1.807) is 6.92 Å². The van der Waals surface area contributed by atoms with Crippen molar-refractivity contribution in [1.29, 1.82) is 5.26 Å². The molecule has 0 N–H and O–H groups in total. The molecule has 0 aliphatic carbocycles. The third-order valence-corrected chi connectivity index (χ3v) is 5.02. The van der Waals surface area contributed by atoms with Gasteiger partial charge in [-0.15, -0.1) is 5.10 Å². The number of para-hydroxylation sites is 2. The molecule has 1 saturated heterocycles. The Morgan fingerprint density at radius 2 is 2.07 bits per heavy atom. The molecule has 28 heavy (non-hydrogen) atoms. The van der Waals surface area contributed by atoms with Crippen molar-refractivity contribution in [2.24, 2.45) is 5.92 Å². The number of fused-ring (bicyclic) bond motifs is 3. The normalized spacial score (nSPS) is 15.1. The Morgan fingerprint density at radius 3 is 2.79 bits per heavy atom. The van der Waals surface area contributed by atoms with Crippen LogP contribution in [0.2, 0.25) is 0 Å². The first-order chi connectivity index (χ1) is 13.6. The highest BCUT2D eigenvalue weighted by molar-refractivity contribution is 5.83. The van der Waals surface area contributed by atoms with Crippen molar-refractivity contribution in [2.75, 3.05) is 24.6 Å². The molecule has 9 heteroatoms. The number of hydrogen-bond donors (Lipinski definition) is 0. The molecule has 0 amide bonds. The summed E-state index contributed by atoms with van der Waals surface area (Å²) in [6.45, 7) is 3.29. The van der Waals surface area contributed by atoms with E-state index in [9.17, 15) is 9.59 Å². The van der Waals surface area contributed by atoms with Gasteiger partial charge in [0.05, 0.1) is 29.6 Å². The van der Waals surface area contributed by atoms with Crippen molar-refractivity contribution in [2.45, 2.75) is 26.3 Å². The van der Waals surface area contributed by atoms with Gasteiger partial charge < -0.3 is 9.64 Å². The Bertz CT molecular complexity index is 1130. The van der Waals surface area contributed by atoms with Gasteiger partial charge in [0.25, 0.3) is 0 Å².